The fourth-order valence-corrected chi connectivity index (χ4v) is 10.8. The van der Waals surface area contributed by atoms with E-state index in [9.17, 15) is 111 Å². The Morgan fingerprint density at radius 3 is 0.511 bits per heavy atom. The maximum atomic E-state index is 11.3. The van der Waals surface area contributed by atoms with Crippen molar-refractivity contribution in [2.24, 2.45) is 0 Å². The molecule has 479 valence electrons. The normalized spacial score (nSPS) is 12.1. The van der Waals surface area contributed by atoms with Gasteiger partial charge in [-0.25, -0.2) is 0 Å². The summed E-state index contributed by atoms with van der Waals surface area (Å²) in [4.78, 5) is 33.3. The third-order valence-corrected chi connectivity index (χ3v) is 16.6. The molecule has 33 nitrogen and oxygen atoms in total. The van der Waals surface area contributed by atoms with Crippen LogP contribution < -0.4 is 15.3 Å². The van der Waals surface area contributed by atoms with Crippen molar-refractivity contribution in [1.82, 2.24) is 14.7 Å². The summed E-state index contributed by atoms with van der Waals surface area (Å²) in [6, 6.07) is 17.2. The Kier molecular flexibility index (Phi) is 25.5. The zero-order valence-electron chi connectivity index (χ0n) is 44.1. The number of phenolic OH excluding ortho intramolecular Hbond substituents is 6. The molecule has 0 saturated heterocycles. The molecule has 6 aromatic carbocycles. The first kappa shape index (κ1) is 74.6. The minimum absolute atomic E-state index is 0. The maximum Gasteiger partial charge on any atom is 3.00 e. The minimum Gasteiger partial charge on any atom is -0.549 e. The Balaban J connectivity index is 0.000000343. The van der Waals surface area contributed by atoms with Crippen LogP contribution in [0.25, 0.3) is 0 Å². The Morgan fingerprint density at radius 2 is 0.409 bits per heavy atom. The van der Waals surface area contributed by atoms with Crippen molar-refractivity contribution < 1.29 is 155 Å². The summed E-state index contributed by atoms with van der Waals surface area (Å²) in [7, 11) is -27.5. The number of carboxylic acids is 3. The molecule has 12 N–H and O–H groups in total. The van der Waals surface area contributed by atoms with Gasteiger partial charge in [-0.3, -0.25) is 42.0 Å². The summed E-state index contributed by atoms with van der Waals surface area (Å²) < 4.78 is 190. The third kappa shape index (κ3) is 23.2. The number of benzene rings is 6. The molecule has 0 aromatic heterocycles. The van der Waals surface area contributed by atoms with E-state index in [1.807, 2.05) is 0 Å². The number of carboxylic acid groups (broad SMARTS) is 3. The van der Waals surface area contributed by atoms with E-state index in [2.05, 4.69) is 0 Å². The fraction of sp³-hybridized carbons (Fsp3) is 0.188. The number of carbonyl (C=O) groups excluding carboxylic acids is 3. The van der Waals surface area contributed by atoms with Crippen LogP contribution in [-0.4, -0.2) is 161 Å². The van der Waals surface area contributed by atoms with Gasteiger partial charge in [0.25, 0.3) is 60.7 Å². The van der Waals surface area contributed by atoms with Crippen LogP contribution in [0, 0.1) is 0 Å². The number of aromatic hydroxyl groups is 6. The molecule has 0 spiro atoms. The van der Waals surface area contributed by atoms with Gasteiger partial charge in [-0.1, -0.05) is 0 Å². The van der Waals surface area contributed by atoms with Crippen molar-refractivity contribution >= 4 is 78.6 Å². The van der Waals surface area contributed by atoms with Crippen LogP contribution >= 0.6 is 0 Å². The molecule has 88 heavy (non-hydrogen) atoms. The van der Waals surface area contributed by atoms with Crippen molar-refractivity contribution in [3.8, 4) is 34.5 Å². The monoisotopic (exact) mass is 1390 g/mol. The molecule has 40 heteroatoms. The van der Waals surface area contributed by atoms with Gasteiger partial charge in [0.15, 0.2) is 0 Å². The number of phenols is 6. The van der Waals surface area contributed by atoms with E-state index in [1.54, 1.807) is 0 Å². The molecule has 0 saturated carbocycles. The van der Waals surface area contributed by atoms with Crippen molar-refractivity contribution in [3.63, 3.8) is 0 Å². The van der Waals surface area contributed by atoms with Crippen LogP contribution in [0.1, 0.15) is 33.4 Å². The summed E-state index contributed by atoms with van der Waals surface area (Å²) in [6.45, 7) is -4.37. The molecule has 6 aromatic rings. The van der Waals surface area contributed by atoms with Gasteiger partial charge in [0.05, 0.1) is 47.3 Å². The number of carbonyl (C=O) groups is 3. The second-order valence-corrected chi connectivity index (χ2v) is 26.7. The van der Waals surface area contributed by atoms with Crippen LogP contribution in [-0.2, 0) is 131 Å². The van der Waals surface area contributed by atoms with E-state index in [0.717, 1.165) is 124 Å². The number of rotatable bonds is 24. The predicted octanol–water partition coefficient (Wildman–Crippen LogP) is -1.97. The van der Waals surface area contributed by atoms with E-state index >= 15 is 0 Å². The molecule has 0 aliphatic heterocycles. The van der Waals surface area contributed by atoms with E-state index in [4.69, 9.17) is 27.3 Å². The van der Waals surface area contributed by atoms with Crippen LogP contribution in [0.5, 0.6) is 34.5 Å². The van der Waals surface area contributed by atoms with E-state index in [0.29, 0.717) is 0 Å². The average Bonchev–Trinajstić information content (AvgIpc) is 2.79. The first-order valence-corrected chi connectivity index (χ1v) is 32.0. The van der Waals surface area contributed by atoms with Crippen molar-refractivity contribution in [1.29, 1.82) is 0 Å². The van der Waals surface area contributed by atoms with Crippen molar-refractivity contribution in [2.75, 3.05) is 19.6 Å². The summed E-state index contributed by atoms with van der Waals surface area (Å²) in [6.07, 6.45) is 0. The van der Waals surface area contributed by atoms with Crippen molar-refractivity contribution in [2.45, 2.75) is 68.6 Å². The molecule has 1 radical (unpaired) electrons. The number of hydrogen-bond acceptors (Lipinski definition) is 27. The maximum absolute atomic E-state index is 11.3. The fourth-order valence-electron chi connectivity index (χ4n) is 7.59. The van der Waals surface area contributed by atoms with Crippen molar-refractivity contribution in [3.05, 3.63) is 143 Å². The Morgan fingerprint density at radius 1 is 0.284 bits per heavy atom. The molecule has 0 amide bonds. The van der Waals surface area contributed by atoms with E-state index in [1.165, 1.54) is 0 Å². The second kappa shape index (κ2) is 30.1. The van der Waals surface area contributed by atoms with Gasteiger partial charge in [-0.15, -0.1) is 0 Å². The standard InChI is InChI=1S/3C16H17NO10S2.Fe/c3*18-14-3-1-12(28(22,23)24)5-10(14)7-17(9-16(20)21)8-11-6-13(29(25,26)27)2-4-15(11)19;/h3*1-6,18-19H,7-9H2,(H,20,21)(H,22,23,24)(H,25,26,27);/q;;;+3/p-3. The zero-order chi connectivity index (χ0) is 65.9. The van der Waals surface area contributed by atoms with Gasteiger partial charge in [-0.2, -0.15) is 50.5 Å². The van der Waals surface area contributed by atoms with Gasteiger partial charge < -0.3 is 60.3 Å². The Labute approximate surface area is 510 Å². The number of aliphatic carboxylic acids is 3. The zero-order valence-corrected chi connectivity index (χ0v) is 50.1. The molecular weight excluding hydrogens is 1350 g/mol. The molecule has 0 unspecified atom stereocenters. The Hall–Kier alpha value is -7.61. The summed E-state index contributed by atoms with van der Waals surface area (Å²) >= 11 is 0. The molecule has 0 aliphatic carbocycles. The summed E-state index contributed by atoms with van der Waals surface area (Å²) in [5, 5.41) is 92.8. The van der Waals surface area contributed by atoms with Gasteiger partial charge in [0, 0.05) is 92.3 Å². The average molecular weight is 1400 g/mol. The molecule has 0 bridgehead atoms. The largest absolute Gasteiger partial charge is 3.00 e. The SMILES string of the molecule is O=C([O-])CN(Cc1cc(S(=O)(=O)O)ccc1O)Cc1cc(S(=O)(=O)O)ccc1O.O=C([O-])CN(Cc1cc(S(=O)(=O)O)ccc1O)Cc1cc(S(=O)(=O)O)ccc1O.O=C([O-])CN(Cc1cc(S(=O)(=O)O)ccc1O)Cc1cc(S(=O)(=O)O)ccc1O.[Fe+3]. The van der Waals surface area contributed by atoms with Gasteiger partial charge in [0.1, 0.15) is 34.5 Å². The summed E-state index contributed by atoms with van der Waals surface area (Å²) in [5.74, 6) is -6.97. The second-order valence-electron chi connectivity index (χ2n) is 18.1. The van der Waals surface area contributed by atoms with Crippen LogP contribution in [0.3, 0.4) is 0 Å². The smallest absolute Gasteiger partial charge is 0.549 e. The number of nitrogens with zero attached hydrogens (tertiary/aromatic N) is 3. The topological polar surface area (TPSA) is 578 Å². The molecule has 0 heterocycles. The first-order chi connectivity index (χ1) is 39.8. The molecule has 0 fully saturated rings. The van der Waals surface area contributed by atoms with Gasteiger partial charge in [0.2, 0.25) is 0 Å². The molecular formula is C48H48FeN3O30S6. The molecule has 0 aliphatic rings. The molecule has 0 atom stereocenters. The predicted molar refractivity (Wildman–Crippen MR) is 285 cm³/mol. The Bertz CT molecular complexity index is 3620. The van der Waals surface area contributed by atoms with Crippen LogP contribution in [0.4, 0.5) is 0 Å². The van der Waals surface area contributed by atoms with Gasteiger partial charge >= 0.3 is 17.1 Å². The first-order valence-electron chi connectivity index (χ1n) is 23.3. The van der Waals surface area contributed by atoms with Gasteiger partial charge in [-0.05, 0) is 109 Å². The minimum atomic E-state index is -4.58. The third-order valence-electron chi connectivity index (χ3n) is 11.5. The summed E-state index contributed by atoms with van der Waals surface area (Å²) in [5.41, 5.74) is -0.379. The van der Waals surface area contributed by atoms with E-state index in [-0.39, 0.29) is 89.7 Å². The number of hydrogen-bond donors (Lipinski definition) is 12. The van der Waals surface area contributed by atoms with Crippen LogP contribution in [0.2, 0.25) is 0 Å². The molecule has 6 rings (SSSR count). The van der Waals surface area contributed by atoms with E-state index < -0.39 is 162 Å². The van der Waals surface area contributed by atoms with Crippen LogP contribution in [0.15, 0.2) is 139 Å². The quantitative estimate of drug-likeness (QED) is 0.0231.